The molecule has 88 valence electrons. The molecule has 0 aromatic heterocycles. The van der Waals surface area contributed by atoms with Crippen molar-refractivity contribution < 1.29 is 9.53 Å². The van der Waals surface area contributed by atoms with Gasteiger partial charge in [-0.2, -0.15) is 12.6 Å². The van der Waals surface area contributed by atoms with Gasteiger partial charge in [-0.15, -0.1) is 0 Å². The summed E-state index contributed by atoms with van der Waals surface area (Å²) in [5.74, 6) is 0.904. The molecule has 0 bridgehead atoms. The van der Waals surface area contributed by atoms with E-state index in [-0.39, 0.29) is 11.7 Å². The van der Waals surface area contributed by atoms with Crippen LogP contribution in [-0.2, 0) is 11.2 Å². The Bertz CT molecular complexity index is 371. The van der Waals surface area contributed by atoms with Crippen LogP contribution in [0.15, 0.2) is 18.2 Å². The minimum absolute atomic E-state index is 0.0793. The fraction of sp³-hybridized carbons (Fsp3) is 0.364. The Hall–Kier alpha value is -0.870. The second-order valence-electron chi connectivity index (χ2n) is 3.21. The smallest absolute Gasteiger partial charge is 0.229 e. The molecular formula is C11H14ClNO2S. The van der Waals surface area contributed by atoms with E-state index in [1.807, 2.05) is 12.1 Å². The highest BCUT2D eigenvalue weighted by atomic mass is 35.5. The lowest BCUT2D eigenvalue weighted by atomic mass is 10.1. The zero-order chi connectivity index (χ0) is 12.0. The summed E-state index contributed by atoms with van der Waals surface area (Å²) in [6, 6.07) is 5.43. The number of carbonyl (C=O) groups excluding carboxylic acids is 1. The number of methoxy groups -OCH3 is 1. The van der Waals surface area contributed by atoms with Crippen LogP contribution in [0.2, 0.25) is 5.02 Å². The number of amides is 1. The van der Waals surface area contributed by atoms with Crippen molar-refractivity contribution >= 4 is 30.1 Å². The second-order valence-corrected chi connectivity index (χ2v) is 3.97. The van der Waals surface area contributed by atoms with Crippen molar-refractivity contribution in [3.8, 4) is 5.75 Å². The first-order valence-electron chi connectivity index (χ1n) is 4.87. The minimum atomic E-state index is -0.0793. The van der Waals surface area contributed by atoms with Gasteiger partial charge in [-0.3, -0.25) is 4.79 Å². The molecule has 0 aliphatic heterocycles. The number of ether oxygens (including phenoxy) is 1. The Morgan fingerprint density at radius 3 is 2.94 bits per heavy atom. The SMILES string of the molecule is COc1ccc(Cl)cc1CCNC(=O)CS. The predicted molar refractivity (Wildman–Crippen MR) is 68.6 cm³/mol. The molecule has 0 aliphatic rings. The molecule has 1 N–H and O–H groups in total. The fourth-order valence-electron chi connectivity index (χ4n) is 1.34. The highest BCUT2D eigenvalue weighted by Gasteiger charge is 2.04. The molecule has 1 rings (SSSR count). The Morgan fingerprint density at radius 2 is 2.31 bits per heavy atom. The Kier molecular flexibility index (Phi) is 5.49. The van der Waals surface area contributed by atoms with E-state index in [9.17, 15) is 4.79 Å². The molecule has 0 unspecified atom stereocenters. The number of halogens is 1. The topological polar surface area (TPSA) is 38.3 Å². The maximum Gasteiger partial charge on any atom is 0.229 e. The molecule has 0 saturated carbocycles. The summed E-state index contributed by atoms with van der Waals surface area (Å²) in [5, 5.41) is 3.40. The van der Waals surface area contributed by atoms with Crippen LogP contribution >= 0.6 is 24.2 Å². The lowest BCUT2D eigenvalue weighted by molar-refractivity contribution is -0.118. The number of nitrogens with one attached hydrogen (secondary N) is 1. The van der Waals surface area contributed by atoms with Crippen molar-refractivity contribution in [2.45, 2.75) is 6.42 Å². The average molecular weight is 260 g/mol. The lowest BCUT2D eigenvalue weighted by Gasteiger charge is -2.09. The van der Waals surface area contributed by atoms with Gasteiger partial charge in [0.25, 0.3) is 0 Å². The van der Waals surface area contributed by atoms with E-state index < -0.39 is 0 Å². The molecule has 0 fully saturated rings. The monoisotopic (exact) mass is 259 g/mol. The van der Waals surface area contributed by atoms with Gasteiger partial charge in [-0.05, 0) is 30.2 Å². The summed E-state index contributed by atoms with van der Waals surface area (Å²) in [5.41, 5.74) is 0.981. The third-order valence-electron chi connectivity index (χ3n) is 2.10. The first-order valence-corrected chi connectivity index (χ1v) is 5.88. The van der Waals surface area contributed by atoms with Gasteiger partial charge in [0.1, 0.15) is 5.75 Å². The van der Waals surface area contributed by atoms with Gasteiger partial charge in [0, 0.05) is 11.6 Å². The summed E-state index contributed by atoms with van der Waals surface area (Å²) in [6.07, 6.45) is 0.684. The van der Waals surface area contributed by atoms with Crippen LogP contribution in [-0.4, -0.2) is 25.3 Å². The molecule has 0 aliphatic carbocycles. The maximum absolute atomic E-state index is 11.0. The molecule has 1 aromatic carbocycles. The Morgan fingerprint density at radius 1 is 1.56 bits per heavy atom. The largest absolute Gasteiger partial charge is 0.496 e. The summed E-state index contributed by atoms with van der Waals surface area (Å²) in [4.78, 5) is 11.0. The van der Waals surface area contributed by atoms with Crippen molar-refractivity contribution in [2.24, 2.45) is 0 Å². The molecule has 0 saturated heterocycles. The van der Waals surface area contributed by atoms with Gasteiger partial charge in [0.15, 0.2) is 0 Å². The molecule has 3 nitrogen and oxygen atoms in total. The average Bonchev–Trinajstić information content (AvgIpc) is 2.29. The zero-order valence-corrected chi connectivity index (χ0v) is 10.6. The molecule has 1 amide bonds. The normalized spacial score (nSPS) is 9.94. The highest BCUT2D eigenvalue weighted by Crippen LogP contribution is 2.22. The van der Waals surface area contributed by atoms with Crippen molar-refractivity contribution in [1.82, 2.24) is 5.32 Å². The van der Waals surface area contributed by atoms with Crippen LogP contribution in [0.4, 0.5) is 0 Å². The standard InChI is InChI=1S/C11H14ClNO2S/c1-15-10-3-2-9(12)6-8(10)4-5-13-11(14)7-16/h2-3,6,16H,4-5,7H2,1H3,(H,13,14). The van der Waals surface area contributed by atoms with E-state index in [1.165, 1.54) is 0 Å². The number of carbonyl (C=O) groups is 1. The summed E-state index contributed by atoms with van der Waals surface area (Å²) in [7, 11) is 1.61. The van der Waals surface area contributed by atoms with Crippen molar-refractivity contribution in [3.05, 3.63) is 28.8 Å². The third-order valence-corrected chi connectivity index (χ3v) is 2.62. The third kappa shape index (κ3) is 3.94. The van der Waals surface area contributed by atoms with Crippen LogP contribution in [0, 0.1) is 0 Å². The molecule has 1 aromatic rings. The van der Waals surface area contributed by atoms with E-state index >= 15 is 0 Å². The van der Waals surface area contributed by atoms with Crippen LogP contribution in [0.5, 0.6) is 5.75 Å². The van der Waals surface area contributed by atoms with Crippen LogP contribution in [0.1, 0.15) is 5.56 Å². The van der Waals surface area contributed by atoms with Gasteiger partial charge in [-0.25, -0.2) is 0 Å². The van der Waals surface area contributed by atoms with E-state index in [0.29, 0.717) is 18.0 Å². The van der Waals surface area contributed by atoms with E-state index in [4.69, 9.17) is 16.3 Å². The number of benzene rings is 1. The zero-order valence-electron chi connectivity index (χ0n) is 9.00. The molecular weight excluding hydrogens is 246 g/mol. The minimum Gasteiger partial charge on any atom is -0.496 e. The molecule has 0 radical (unpaired) electrons. The van der Waals surface area contributed by atoms with Gasteiger partial charge >= 0.3 is 0 Å². The first kappa shape index (κ1) is 13.2. The quantitative estimate of drug-likeness (QED) is 0.794. The van der Waals surface area contributed by atoms with Crippen LogP contribution in [0.25, 0.3) is 0 Å². The van der Waals surface area contributed by atoms with Gasteiger partial charge < -0.3 is 10.1 Å². The van der Waals surface area contributed by atoms with Crippen molar-refractivity contribution in [3.63, 3.8) is 0 Å². The predicted octanol–water partition coefficient (Wildman–Crippen LogP) is 1.94. The van der Waals surface area contributed by atoms with E-state index in [0.717, 1.165) is 11.3 Å². The van der Waals surface area contributed by atoms with Gasteiger partial charge in [0.05, 0.1) is 12.9 Å². The second kappa shape index (κ2) is 6.66. The van der Waals surface area contributed by atoms with Crippen molar-refractivity contribution in [1.29, 1.82) is 0 Å². The van der Waals surface area contributed by atoms with Crippen molar-refractivity contribution in [2.75, 3.05) is 19.4 Å². The number of rotatable bonds is 5. The van der Waals surface area contributed by atoms with Crippen LogP contribution in [0.3, 0.4) is 0 Å². The summed E-state index contributed by atoms with van der Waals surface area (Å²) >= 11 is 9.76. The lowest BCUT2D eigenvalue weighted by Crippen LogP contribution is -2.26. The summed E-state index contributed by atoms with van der Waals surface area (Å²) < 4.78 is 5.20. The van der Waals surface area contributed by atoms with Crippen LogP contribution < -0.4 is 10.1 Å². The molecule has 5 heteroatoms. The number of hydrogen-bond donors (Lipinski definition) is 2. The molecule has 0 heterocycles. The molecule has 0 spiro atoms. The maximum atomic E-state index is 11.0. The first-order chi connectivity index (χ1) is 7.67. The van der Waals surface area contributed by atoms with E-state index in [2.05, 4.69) is 17.9 Å². The Labute approximate surface area is 106 Å². The molecule has 16 heavy (non-hydrogen) atoms. The van der Waals surface area contributed by atoms with Gasteiger partial charge in [0.2, 0.25) is 5.91 Å². The summed E-state index contributed by atoms with van der Waals surface area (Å²) in [6.45, 7) is 0.552. The molecule has 0 atom stereocenters. The Balaban J connectivity index is 2.58. The number of thiol groups is 1. The van der Waals surface area contributed by atoms with Gasteiger partial charge in [-0.1, -0.05) is 11.6 Å². The van der Waals surface area contributed by atoms with E-state index in [1.54, 1.807) is 13.2 Å². The highest BCUT2D eigenvalue weighted by molar-refractivity contribution is 7.81. The number of hydrogen-bond acceptors (Lipinski definition) is 3. The fourth-order valence-corrected chi connectivity index (χ4v) is 1.64.